The highest BCUT2D eigenvalue weighted by atomic mass is 79.9. The molecule has 0 aliphatic heterocycles. The Balaban J connectivity index is 2.69. The molecular formula is C8H7BrClF3N2O2S2. The van der Waals surface area contributed by atoms with Gasteiger partial charge in [-0.2, -0.15) is 13.2 Å². The highest BCUT2D eigenvalue weighted by Gasteiger charge is 2.28. The zero-order chi connectivity index (χ0) is 14.7. The van der Waals surface area contributed by atoms with Gasteiger partial charge < -0.3 is 0 Å². The zero-order valence-corrected chi connectivity index (χ0v) is 13.0. The van der Waals surface area contributed by atoms with Crippen molar-refractivity contribution in [1.29, 1.82) is 0 Å². The van der Waals surface area contributed by atoms with Crippen molar-refractivity contribution in [2.24, 2.45) is 0 Å². The van der Waals surface area contributed by atoms with E-state index in [9.17, 15) is 21.6 Å². The number of pyridine rings is 1. The Morgan fingerprint density at radius 1 is 1.47 bits per heavy atom. The van der Waals surface area contributed by atoms with Crippen LogP contribution < -0.4 is 4.72 Å². The number of nitrogens with zero attached hydrogens (tertiary/aromatic N) is 1. The highest BCUT2D eigenvalue weighted by molar-refractivity contribution is 9.10. The van der Waals surface area contributed by atoms with Crippen LogP contribution in [0.2, 0.25) is 5.15 Å². The summed E-state index contributed by atoms with van der Waals surface area (Å²) < 4.78 is 61.6. The lowest BCUT2D eigenvalue weighted by molar-refractivity contribution is -0.0327. The molecule has 11 heteroatoms. The van der Waals surface area contributed by atoms with Gasteiger partial charge in [0.2, 0.25) is 10.0 Å². The normalized spacial score (nSPS) is 12.7. The first-order valence-electron chi connectivity index (χ1n) is 4.63. The van der Waals surface area contributed by atoms with Gasteiger partial charge in [0, 0.05) is 23.0 Å². The van der Waals surface area contributed by atoms with Crippen LogP contribution in [-0.4, -0.2) is 31.2 Å². The van der Waals surface area contributed by atoms with Crippen LogP contribution >= 0.6 is 39.3 Å². The van der Waals surface area contributed by atoms with E-state index in [0.29, 0.717) is 4.47 Å². The minimum absolute atomic E-state index is 0.251. The lowest BCUT2D eigenvalue weighted by Gasteiger charge is -2.09. The zero-order valence-electron chi connectivity index (χ0n) is 9.04. The average Bonchev–Trinajstić information content (AvgIpc) is 2.26. The van der Waals surface area contributed by atoms with Crippen molar-refractivity contribution in [2.45, 2.75) is 10.4 Å². The monoisotopic (exact) mass is 398 g/mol. The van der Waals surface area contributed by atoms with E-state index in [4.69, 9.17) is 11.6 Å². The summed E-state index contributed by atoms with van der Waals surface area (Å²) in [6.45, 7) is -0.366. The standard InChI is InChI=1S/C8H7BrClF3N2O2S2/c9-5-3-6(7(10)14-4-5)19(16,17)15-1-2-18-8(11,12)13/h3-4,15H,1-2H2. The van der Waals surface area contributed by atoms with Gasteiger partial charge in [-0.3, -0.25) is 0 Å². The Morgan fingerprint density at radius 2 is 2.11 bits per heavy atom. The molecule has 19 heavy (non-hydrogen) atoms. The number of hydrogen-bond donors (Lipinski definition) is 1. The first-order chi connectivity index (χ1) is 8.62. The molecule has 0 radical (unpaired) electrons. The summed E-state index contributed by atoms with van der Waals surface area (Å²) in [5.41, 5.74) is -4.39. The summed E-state index contributed by atoms with van der Waals surface area (Å²) in [6.07, 6.45) is 1.31. The summed E-state index contributed by atoms with van der Waals surface area (Å²) in [6, 6.07) is 1.22. The summed E-state index contributed by atoms with van der Waals surface area (Å²) >= 11 is 8.35. The van der Waals surface area contributed by atoms with Crippen molar-refractivity contribution >= 4 is 49.3 Å². The molecule has 1 rings (SSSR count). The van der Waals surface area contributed by atoms with Gasteiger partial charge in [0.1, 0.15) is 10.0 Å². The van der Waals surface area contributed by atoms with Crippen molar-refractivity contribution in [2.75, 3.05) is 12.3 Å². The third kappa shape index (κ3) is 5.86. The molecule has 0 aliphatic rings. The lowest BCUT2D eigenvalue weighted by Crippen LogP contribution is -2.27. The second-order valence-corrected chi connectivity index (χ2v) is 7.30. The predicted octanol–water partition coefficient (Wildman–Crippen LogP) is 3.03. The first kappa shape index (κ1) is 17.0. The third-order valence-electron chi connectivity index (χ3n) is 1.72. The van der Waals surface area contributed by atoms with E-state index in [-0.39, 0.29) is 28.4 Å². The molecule has 1 heterocycles. The Labute approximate surface area is 125 Å². The van der Waals surface area contributed by atoms with Crippen LogP contribution in [0, 0.1) is 0 Å². The summed E-state index contributed by atoms with van der Waals surface area (Å²) in [5.74, 6) is -0.429. The molecule has 0 spiro atoms. The van der Waals surface area contributed by atoms with Gasteiger partial charge in [-0.25, -0.2) is 18.1 Å². The molecular weight excluding hydrogens is 393 g/mol. The molecule has 0 aromatic carbocycles. The van der Waals surface area contributed by atoms with E-state index in [1.54, 1.807) is 0 Å². The van der Waals surface area contributed by atoms with Gasteiger partial charge in [0.15, 0.2) is 0 Å². The fourth-order valence-corrected chi connectivity index (χ4v) is 3.55. The number of thioether (sulfide) groups is 1. The van der Waals surface area contributed by atoms with Crippen molar-refractivity contribution in [1.82, 2.24) is 9.71 Å². The number of halogens is 5. The van der Waals surface area contributed by atoms with Crippen molar-refractivity contribution in [3.8, 4) is 0 Å². The fraction of sp³-hybridized carbons (Fsp3) is 0.375. The molecule has 1 aromatic rings. The summed E-state index contributed by atoms with van der Waals surface area (Å²) in [4.78, 5) is 3.34. The second-order valence-electron chi connectivity index (χ2n) is 3.13. The Bertz CT molecular complexity index is 553. The Hall–Kier alpha value is -0.0300. The summed E-state index contributed by atoms with van der Waals surface area (Å²) in [5, 5.41) is -0.251. The minimum Gasteiger partial charge on any atom is -0.242 e. The molecule has 1 aromatic heterocycles. The maximum atomic E-state index is 11.9. The molecule has 0 fully saturated rings. The molecule has 0 saturated heterocycles. The molecule has 0 unspecified atom stereocenters. The van der Waals surface area contributed by atoms with Gasteiger partial charge in [0.25, 0.3) is 0 Å². The van der Waals surface area contributed by atoms with Crippen LogP contribution in [0.4, 0.5) is 13.2 Å². The topological polar surface area (TPSA) is 59.1 Å². The summed E-state index contributed by atoms with van der Waals surface area (Å²) in [7, 11) is -3.99. The maximum absolute atomic E-state index is 11.9. The van der Waals surface area contributed by atoms with E-state index < -0.39 is 21.3 Å². The SMILES string of the molecule is O=S(=O)(NCCSC(F)(F)F)c1cc(Br)cnc1Cl. The molecule has 0 aliphatic carbocycles. The Morgan fingerprint density at radius 3 is 2.68 bits per heavy atom. The molecule has 108 valence electrons. The van der Waals surface area contributed by atoms with Gasteiger partial charge >= 0.3 is 5.51 Å². The number of sulfonamides is 1. The first-order valence-corrected chi connectivity index (χ1v) is 8.27. The second kappa shape index (κ2) is 6.61. The number of nitrogens with one attached hydrogen (secondary N) is 1. The van der Waals surface area contributed by atoms with Crippen LogP contribution in [0.1, 0.15) is 0 Å². The molecule has 1 N–H and O–H groups in total. The van der Waals surface area contributed by atoms with E-state index >= 15 is 0 Å². The highest BCUT2D eigenvalue weighted by Crippen LogP contribution is 2.29. The third-order valence-corrected chi connectivity index (χ3v) is 4.78. The van der Waals surface area contributed by atoms with Gasteiger partial charge in [-0.1, -0.05) is 11.6 Å². The van der Waals surface area contributed by atoms with E-state index in [2.05, 4.69) is 20.9 Å². The molecule has 0 saturated carbocycles. The molecule has 4 nitrogen and oxygen atoms in total. The predicted molar refractivity (Wildman–Crippen MR) is 70.6 cm³/mol. The number of rotatable bonds is 5. The fourth-order valence-electron chi connectivity index (χ4n) is 1.01. The largest absolute Gasteiger partial charge is 0.441 e. The van der Waals surface area contributed by atoms with Crippen LogP contribution in [-0.2, 0) is 10.0 Å². The van der Waals surface area contributed by atoms with Crippen molar-refractivity contribution < 1.29 is 21.6 Å². The number of aromatic nitrogens is 1. The Kier molecular flexibility index (Phi) is 5.93. The number of alkyl halides is 3. The number of hydrogen-bond acceptors (Lipinski definition) is 4. The van der Waals surface area contributed by atoms with Crippen molar-refractivity contribution in [3.63, 3.8) is 0 Å². The maximum Gasteiger partial charge on any atom is 0.441 e. The molecule has 0 bridgehead atoms. The average molecular weight is 400 g/mol. The molecule has 0 amide bonds. The van der Waals surface area contributed by atoms with Crippen LogP contribution in [0.15, 0.2) is 21.6 Å². The van der Waals surface area contributed by atoms with Crippen LogP contribution in [0.5, 0.6) is 0 Å². The van der Waals surface area contributed by atoms with Crippen molar-refractivity contribution in [3.05, 3.63) is 21.9 Å². The van der Waals surface area contributed by atoms with Gasteiger partial charge in [-0.05, 0) is 33.8 Å². The van der Waals surface area contributed by atoms with E-state index in [0.717, 1.165) is 0 Å². The lowest BCUT2D eigenvalue weighted by atomic mass is 10.5. The van der Waals surface area contributed by atoms with Gasteiger partial charge in [-0.15, -0.1) is 0 Å². The smallest absolute Gasteiger partial charge is 0.242 e. The quantitative estimate of drug-likeness (QED) is 0.611. The van der Waals surface area contributed by atoms with E-state index in [1.807, 2.05) is 4.72 Å². The molecule has 0 atom stereocenters. The van der Waals surface area contributed by atoms with Crippen LogP contribution in [0.3, 0.4) is 0 Å². The van der Waals surface area contributed by atoms with Gasteiger partial charge in [0.05, 0.1) is 0 Å². The van der Waals surface area contributed by atoms with E-state index in [1.165, 1.54) is 12.3 Å². The minimum atomic E-state index is -4.39. The van der Waals surface area contributed by atoms with Crippen LogP contribution in [0.25, 0.3) is 0 Å².